The van der Waals surface area contributed by atoms with Crippen molar-refractivity contribution >= 4 is 17.2 Å². The highest BCUT2D eigenvalue weighted by Gasteiger charge is 2.29. The molecule has 0 aliphatic heterocycles. The number of rotatable bonds is 6. The van der Waals surface area contributed by atoms with Crippen LogP contribution in [0.25, 0.3) is 11.1 Å². The molecule has 1 amide bonds. The van der Waals surface area contributed by atoms with Crippen LogP contribution in [0.15, 0.2) is 30.3 Å². The van der Waals surface area contributed by atoms with Crippen molar-refractivity contribution in [2.75, 3.05) is 13.7 Å². The Morgan fingerprint density at radius 2 is 1.96 bits per heavy atom. The molecular formula is C19H26N2O2S. The number of carbonyl (C=O) groups is 1. The van der Waals surface area contributed by atoms with Gasteiger partial charge in [-0.05, 0) is 49.1 Å². The number of hydrogen-bond acceptors (Lipinski definition) is 4. The molecule has 1 unspecified atom stereocenters. The maximum Gasteiger partial charge on any atom is 0.261 e. The van der Waals surface area contributed by atoms with Gasteiger partial charge < -0.3 is 15.8 Å². The summed E-state index contributed by atoms with van der Waals surface area (Å²) in [5, 5.41) is 3.10. The fourth-order valence-corrected chi connectivity index (χ4v) is 3.34. The highest BCUT2D eigenvalue weighted by atomic mass is 32.1. The number of nitrogens with one attached hydrogen (secondary N) is 1. The fraction of sp³-hybridized carbons (Fsp3) is 0.421. The first kappa shape index (κ1) is 18.5. The van der Waals surface area contributed by atoms with Crippen LogP contribution in [-0.4, -0.2) is 25.1 Å². The highest BCUT2D eigenvalue weighted by molar-refractivity contribution is 7.14. The average Bonchev–Trinajstić information content (AvgIpc) is 2.96. The van der Waals surface area contributed by atoms with Crippen LogP contribution in [0.3, 0.4) is 0 Å². The molecule has 2 rings (SSSR count). The molecule has 0 radical (unpaired) electrons. The lowest BCUT2D eigenvalue weighted by Crippen LogP contribution is -2.54. The molecule has 1 aromatic heterocycles. The molecule has 0 aliphatic carbocycles. The molecule has 0 spiro atoms. The van der Waals surface area contributed by atoms with Gasteiger partial charge in [-0.25, -0.2) is 0 Å². The molecule has 130 valence electrons. The summed E-state index contributed by atoms with van der Waals surface area (Å²) in [5.74, 6) is 1.01. The molecule has 0 saturated carbocycles. The zero-order chi connectivity index (χ0) is 17.9. The number of thiophene rings is 1. The molecule has 0 bridgehead atoms. The molecule has 2 aromatic rings. The van der Waals surface area contributed by atoms with Gasteiger partial charge >= 0.3 is 0 Å². The summed E-state index contributed by atoms with van der Waals surface area (Å²) in [6.45, 7) is 8.56. The van der Waals surface area contributed by atoms with Crippen LogP contribution in [0.1, 0.15) is 35.3 Å². The maximum absolute atomic E-state index is 12.6. The van der Waals surface area contributed by atoms with Gasteiger partial charge in [0, 0.05) is 11.4 Å². The number of carbonyl (C=O) groups excluding carboxylic acids is 1. The average molecular weight is 346 g/mol. The summed E-state index contributed by atoms with van der Waals surface area (Å²) < 4.78 is 5.19. The number of ether oxygens (including phenoxy) is 1. The molecule has 0 fully saturated rings. The Bertz CT molecular complexity index is 707. The first-order chi connectivity index (χ1) is 11.3. The Kier molecular flexibility index (Phi) is 5.67. The van der Waals surface area contributed by atoms with Gasteiger partial charge in [-0.2, -0.15) is 0 Å². The van der Waals surface area contributed by atoms with Gasteiger partial charge in [0.25, 0.3) is 5.91 Å². The fourth-order valence-electron chi connectivity index (χ4n) is 2.40. The third kappa shape index (κ3) is 3.79. The normalized spacial score (nSPS) is 13.6. The van der Waals surface area contributed by atoms with Crippen molar-refractivity contribution in [2.45, 2.75) is 33.2 Å². The lowest BCUT2D eigenvalue weighted by atomic mass is 9.88. The SMILES string of the molecule is COc1ccc(-c2cc(C(=O)NC(C)(CN)C(C)C)sc2C)cc1. The van der Waals surface area contributed by atoms with E-state index in [4.69, 9.17) is 10.5 Å². The van der Waals surface area contributed by atoms with Gasteiger partial charge in [-0.3, -0.25) is 4.79 Å². The first-order valence-corrected chi connectivity index (χ1v) is 8.90. The predicted molar refractivity (Wildman–Crippen MR) is 101 cm³/mol. The number of nitrogens with two attached hydrogens (primary N) is 1. The number of hydrogen-bond donors (Lipinski definition) is 2. The molecular weight excluding hydrogens is 320 g/mol. The van der Waals surface area contributed by atoms with Crippen LogP contribution in [0.5, 0.6) is 5.75 Å². The third-order valence-corrected chi connectivity index (χ3v) is 5.69. The second-order valence-electron chi connectivity index (χ2n) is 6.54. The molecule has 0 saturated heterocycles. The van der Waals surface area contributed by atoms with E-state index >= 15 is 0 Å². The summed E-state index contributed by atoms with van der Waals surface area (Å²) in [6, 6.07) is 9.82. The smallest absolute Gasteiger partial charge is 0.261 e. The van der Waals surface area contributed by atoms with E-state index in [0.29, 0.717) is 11.4 Å². The number of aryl methyl sites for hydroxylation is 1. The van der Waals surface area contributed by atoms with Crippen LogP contribution in [-0.2, 0) is 0 Å². The molecule has 3 N–H and O–H groups in total. The van der Waals surface area contributed by atoms with E-state index in [2.05, 4.69) is 19.2 Å². The zero-order valence-corrected chi connectivity index (χ0v) is 15.8. The molecule has 1 aromatic carbocycles. The van der Waals surface area contributed by atoms with Gasteiger partial charge in [0.2, 0.25) is 0 Å². The Labute approximate surface area is 148 Å². The highest BCUT2D eigenvalue weighted by Crippen LogP contribution is 2.32. The third-order valence-electron chi connectivity index (χ3n) is 4.64. The predicted octanol–water partition coefficient (Wildman–Crippen LogP) is 3.84. The van der Waals surface area contributed by atoms with E-state index in [1.54, 1.807) is 7.11 Å². The van der Waals surface area contributed by atoms with E-state index in [0.717, 1.165) is 21.8 Å². The van der Waals surface area contributed by atoms with Crippen molar-refractivity contribution in [1.82, 2.24) is 5.32 Å². The van der Waals surface area contributed by atoms with Gasteiger partial charge in [0.15, 0.2) is 0 Å². The van der Waals surface area contributed by atoms with Crippen molar-refractivity contribution in [3.8, 4) is 16.9 Å². The summed E-state index contributed by atoms with van der Waals surface area (Å²) >= 11 is 1.51. The standard InChI is InChI=1S/C19H26N2O2S/c1-12(2)19(4,11-20)21-18(22)17-10-16(13(3)24-17)14-6-8-15(23-5)9-7-14/h6-10,12H,11,20H2,1-5H3,(H,21,22). The monoisotopic (exact) mass is 346 g/mol. The largest absolute Gasteiger partial charge is 0.497 e. The number of methoxy groups -OCH3 is 1. The van der Waals surface area contributed by atoms with E-state index in [1.165, 1.54) is 11.3 Å². The topological polar surface area (TPSA) is 64.3 Å². The van der Waals surface area contributed by atoms with Gasteiger partial charge in [-0.15, -0.1) is 11.3 Å². The van der Waals surface area contributed by atoms with Gasteiger partial charge in [0.05, 0.1) is 17.5 Å². The summed E-state index contributed by atoms with van der Waals surface area (Å²) in [6.07, 6.45) is 0. The van der Waals surface area contributed by atoms with Crippen LogP contribution < -0.4 is 15.8 Å². The molecule has 1 atom stereocenters. The van der Waals surface area contributed by atoms with E-state index in [1.807, 2.05) is 44.2 Å². The van der Waals surface area contributed by atoms with Crippen molar-refractivity contribution in [3.63, 3.8) is 0 Å². The molecule has 4 nitrogen and oxygen atoms in total. The minimum atomic E-state index is -0.407. The van der Waals surface area contributed by atoms with Crippen molar-refractivity contribution in [3.05, 3.63) is 40.1 Å². The lowest BCUT2D eigenvalue weighted by molar-refractivity contribution is 0.0887. The second kappa shape index (κ2) is 7.36. The molecule has 0 aliphatic rings. The summed E-state index contributed by atoms with van der Waals surface area (Å²) in [7, 11) is 1.65. The quantitative estimate of drug-likeness (QED) is 0.835. The second-order valence-corrected chi connectivity index (χ2v) is 7.80. The van der Waals surface area contributed by atoms with Gasteiger partial charge in [-0.1, -0.05) is 26.0 Å². The van der Waals surface area contributed by atoms with E-state index in [9.17, 15) is 4.79 Å². The Hall–Kier alpha value is -1.85. The summed E-state index contributed by atoms with van der Waals surface area (Å²) in [4.78, 5) is 14.5. The van der Waals surface area contributed by atoms with Crippen molar-refractivity contribution in [1.29, 1.82) is 0 Å². The van der Waals surface area contributed by atoms with Gasteiger partial charge in [0.1, 0.15) is 5.75 Å². The Balaban J connectivity index is 2.25. The zero-order valence-electron chi connectivity index (χ0n) is 15.0. The summed E-state index contributed by atoms with van der Waals surface area (Å²) in [5.41, 5.74) is 7.61. The van der Waals surface area contributed by atoms with Crippen LogP contribution in [0, 0.1) is 12.8 Å². The van der Waals surface area contributed by atoms with E-state index < -0.39 is 5.54 Å². The Morgan fingerprint density at radius 1 is 1.33 bits per heavy atom. The Morgan fingerprint density at radius 3 is 2.46 bits per heavy atom. The minimum Gasteiger partial charge on any atom is -0.497 e. The van der Waals surface area contributed by atoms with Crippen molar-refractivity contribution in [2.24, 2.45) is 11.7 Å². The number of amides is 1. The van der Waals surface area contributed by atoms with Crippen LogP contribution in [0.4, 0.5) is 0 Å². The van der Waals surface area contributed by atoms with E-state index in [-0.39, 0.29) is 11.8 Å². The molecule has 24 heavy (non-hydrogen) atoms. The minimum absolute atomic E-state index is 0.0653. The molecule has 5 heteroatoms. The first-order valence-electron chi connectivity index (χ1n) is 8.08. The van der Waals surface area contributed by atoms with Crippen LogP contribution >= 0.6 is 11.3 Å². The van der Waals surface area contributed by atoms with Crippen LogP contribution in [0.2, 0.25) is 0 Å². The lowest BCUT2D eigenvalue weighted by Gasteiger charge is -2.33. The number of benzene rings is 1. The maximum atomic E-state index is 12.6. The molecule has 1 heterocycles. The van der Waals surface area contributed by atoms with Crippen molar-refractivity contribution < 1.29 is 9.53 Å².